The van der Waals surface area contributed by atoms with Crippen LogP contribution < -0.4 is 10.1 Å². The number of carbonyl (C=O) groups is 1. The SMILES string of the molecule is CCOc1cc(COS(C)(=O)=O)cc(C(CC)(Nc2ccc(C#N)cc2)C(=O)O)c1. The number of rotatable bonds is 10. The smallest absolute Gasteiger partial charge is 0.334 e. The van der Waals surface area contributed by atoms with Crippen molar-refractivity contribution >= 4 is 21.8 Å². The molecule has 30 heavy (non-hydrogen) atoms. The zero-order valence-corrected chi connectivity index (χ0v) is 17.8. The van der Waals surface area contributed by atoms with Crippen LogP contribution in [-0.2, 0) is 31.2 Å². The fraction of sp³-hybridized carbons (Fsp3) is 0.333. The van der Waals surface area contributed by atoms with E-state index in [1.54, 1.807) is 56.3 Å². The van der Waals surface area contributed by atoms with Gasteiger partial charge in [0.05, 0.1) is 31.1 Å². The standard InChI is InChI=1S/C21H24N2O6S/c1-4-21(20(24)25,23-18-8-6-15(13-22)7-9-18)17-10-16(14-29-30(3,26)27)11-19(12-17)28-5-2/h6-12,23H,4-5,14H2,1-3H3,(H,24,25). The Morgan fingerprint density at radius 2 is 1.87 bits per heavy atom. The molecule has 1 unspecified atom stereocenters. The second-order valence-electron chi connectivity index (χ2n) is 6.64. The summed E-state index contributed by atoms with van der Waals surface area (Å²) in [6, 6.07) is 13.3. The largest absolute Gasteiger partial charge is 0.494 e. The molecule has 0 spiro atoms. The molecule has 9 heteroatoms. The van der Waals surface area contributed by atoms with Crippen molar-refractivity contribution < 1.29 is 27.2 Å². The molecule has 0 fully saturated rings. The Kier molecular flexibility index (Phi) is 7.43. The zero-order chi connectivity index (χ0) is 22.4. The van der Waals surface area contributed by atoms with E-state index in [-0.39, 0.29) is 13.0 Å². The lowest BCUT2D eigenvalue weighted by molar-refractivity contribution is -0.142. The number of carboxylic acids is 1. The number of carboxylic acid groups (broad SMARTS) is 1. The number of anilines is 1. The van der Waals surface area contributed by atoms with Gasteiger partial charge < -0.3 is 15.2 Å². The molecule has 0 radical (unpaired) electrons. The Hall–Kier alpha value is -3.09. The third-order valence-electron chi connectivity index (χ3n) is 4.48. The van der Waals surface area contributed by atoms with Gasteiger partial charge in [0.1, 0.15) is 5.75 Å². The van der Waals surface area contributed by atoms with Gasteiger partial charge >= 0.3 is 5.97 Å². The highest BCUT2D eigenvalue weighted by atomic mass is 32.2. The third-order valence-corrected chi connectivity index (χ3v) is 5.02. The Balaban J connectivity index is 2.54. The molecule has 160 valence electrons. The monoisotopic (exact) mass is 432 g/mol. The number of aliphatic carboxylic acids is 1. The lowest BCUT2D eigenvalue weighted by Crippen LogP contribution is -2.43. The van der Waals surface area contributed by atoms with Gasteiger partial charge in [-0.3, -0.25) is 4.18 Å². The molecule has 0 saturated carbocycles. The van der Waals surface area contributed by atoms with Gasteiger partial charge in [0.25, 0.3) is 10.1 Å². The molecule has 0 bridgehead atoms. The summed E-state index contributed by atoms with van der Waals surface area (Å²) in [6.07, 6.45) is 1.13. The van der Waals surface area contributed by atoms with Gasteiger partial charge in [-0.2, -0.15) is 13.7 Å². The van der Waals surface area contributed by atoms with Crippen LogP contribution in [0.15, 0.2) is 42.5 Å². The maximum Gasteiger partial charge on any atom is 0.334 e. The fourth-order valence-electron chi connectivity index (χ4n) is 2.98. The van der Waals surface area contributed by atoms with Gasteiger partial charge in [0, 0.05) is 5.69 Å². The van der Waals surface area contributed by atoms with Crippen LogP contribution >= 0.6 is 0 Å². The predicted octanol–water partition coefficient (Wildman–Crippen LogP) is 3.24. The molecule has 1 atom stereocenters. The lowest BCUT2D eigenvalue weighted by atomic mass is 9.85. The minimum absolute atomic E-state index is 0.185. The molecule has 0 aromatic heterocycles. The number of ether oxygens (including phenoxy) is 1. The Morgan fingerprint density at radius 3 is 2.37 bits per heavy atom. The normalized spacial score (nSPS) is 13.1. The highest BCUT2D eigenvalue weighted by Gasteiger charge is 2.39. The first-order valence-corrected chi connectivity index (χ1v) is 11.1. The number of benzene rings is 2. The zero-order valence-electron chi connectivity index (χ0n) is 17.0. The van der Waals surface area contributed by atoms with Gasteiger partial charge in [-0.25, -0.2) is 4.79 Å². The number of nitriles is 1. The van der Waals surface area contributed by atoms with Crippen LogP contribution in [0.4, 0.5) is 5.69 Å². The molecule has 0 aliphatic carbocycles. The van der Waals surface area contributed by atoms with Crippen molar-refractivity contribution in [2.45, 2.75) is 32.4 Å². The fourth-order valence-corrected chi connectivity index (χ4v) is 3.33. The van der Waals surface area contributed by atoms with E-state index in [0.717, 1.165) is 6.26 Å². The molecule has 0 aliphatic rings. The predicted molar refractivity (Wildman–Crippen MR) is 112 cm³/mol. The lowest BCUT2D eigenvalue weighted by Gasteiger charge is -2.32. The molecule has 2 aromatic carbocycles. The number of hydrogen-bond acceptors (Lipinski definition) is 7. The molecule has 2 N–H and O–H groups in total. The Morgan fingerprint density at radius 1 is 1.20 bits per heavy atom. The van der Waals surface area contributed by atoms with E-state index < -0.39 is 21.6 Å². The number of hydrogen-bond donors (Lipinski definition) is 2. The first-order chi connectivity index (χ1) is 14.1. The maximum atomic E-state index is 12.4. The quantitative estimate of drug-likeness (QED) is 0.548. The maximum absolute atomic E-state index is 12.4. The molecule has 2 aromatic rings. The summed E-state index contributed by atoms with van der Waals surface area (Å²) < 4.78 is 33.2. The summed E-state index contributed by atoms with van der Waals surface area (Å²) in [5.41, 5.74) is 0.314. The van der Waals surface area contributed by atoms with Crippen LogP contribution in [-0.4, -0.2) is 32.4 Å². The highest BCUT2D eigenvalue weighted by Crippen LogP contribution is 2.34. The second-order valence-corrected chi connectivity index (χ2v) is 8.29. The van der Waals surface area contributed by atoms with E-state index in [1.807, 2.05) is 6.07 Å². The van der Waals surface area contributed by atoms with Crippen molar-refractivity contribution in [2.75, 3.05) is 18.2 Å². The van der Waals surface area contributed by atoms with E-state index in [2.05, 4.69) is 5.32 Å². The van der Waals surface area contributed by atoms with Crippen LogP contribution in [0.2, 0.25) is 0 Å². The highest BCUT2D eigenvalue weighted by molar-refractivity contribution is 7.85. The summed E-state index contributed by atoms with van der Waals surface area (Å²) in [5.74, 6) is -0.708. The summed E-state index contributed by atoms with van der Waals surface area (Å²) in [7, 11) is -3.67. The van der Waals surface area contributed by atoms with E-state index in [1.165, 1.54) is 0 Å². The molecule has 2 rings (SSSR count). The van der Waals surface area contributed by atoms with Crippen LogP contribution in [0.25, 0.3) is 0 Å². The van der Waals surface area contributed by atoms with Gasteiger partial charge in [-0.1, -0.05) is 13.0 Å². The molecule has 0 saturated heterocycles. The van der Waals surface area contributed by atoms with Crippen molar-refractivity contribution in [1.82, 2.24) is 0 Å². The van der Waals surface area contributed by atoms with E-state index in [4.69, 9.17) is 14.2 Å². The average molecular weight is 432 g/mol. The number of nitrogens with zero attached hydrogens (tertiary/aromatic N) is 1. The van der Waals surface area contributed by atoms with Crippen molar-refractivity contribution in [3.63, 3.8) is 0 Å². The summed E-state index contributed by atoms with van der Waals surface area (Å²) >= 11 is 0. The molecule has 0 aliphatic heterocycles. The van der Waals surface area contributed by atoms with Crippen molar-refractivity contribution in [3.8, 4) is 11.8 Å². The first kappa shape index (κ1) is 23.2. The van der Waals surface area contributed by atoms with Crippen LogP contribution in [0, 0.1) is 11.3 Å². The topological polar surface area (TPSA) is 126 Å². The van der Waals surface area contributed by atoms with E-state index >= 15 is 0 Å². The van der Waals surface area contributed by atoms with Crippen molar-refractivity contribution in [1.29, 1.82) is 5.26 Å². The summed E-state index contributed by atoms with van der Waals surface area (Å²) in [4.78, 5) is 12.4. The summed E-state index contributed by atoms with van der Waals surface area (Å²) in [5, 5.41) is 22.1. The van der Waals surface area contributed by atoms with Gasteiger partial charge in [-0.15, -0.1) is 0 Å². The van der Waals surface area contributed by atoms with Crippen LogP contribution in [0.5, 0.6) is 5.75 Å². The van der Waals surface area contributed by atoms with E-state index in [0.29, 0.717) is 34.7 Å². The molecular formula is C21H24N2O6S. The minimum Gasteiger partial charge on any atom is -0.494 e. The van der Waals surface area contributed by atoms with Crippen LogP contribution in [0.3, 0.4) is 0 Å². The minimum atomic E-state index is -3.67. The number of nitrogens with one attached hydrogen (secondary N) is 1. The second kappa shape index (κ2) is 9.61. The van der Waals surface area contributed by atoms with Crippen LogP contribution in [0.1, 0.15) is 37.0 Å². The summed E-state index contributed by atoms with van der Waals surface area (Å²) in [6.45, 7) is 3.62. The van der Waals surface area contributed by atoms with Gasteiger partial charge in [0.15, 0.2) is 5.54 Å². The van der Waals surface area contributed by atoms with Gasteiger partial charge in [0.2, 0.25) is 0 Å². The molecular weight excluding hydrogens is 408 g/mol. The first-order valence-electron chi connectivity index (χ1n) is 9.27. The Labute approximate surface area is 176 Å². The molecule has 0 amide bonds. The van der Waals surface area contributed by atoms with Crippen molar-refractivity contribution in [2.24, 2.45) is 0 Å². The third kappa shape index (κ3) is 5.72. The van der Waals surface area contributed by atoms with Gasteiger partial charge in [-0.05, 0) is 60.9 Å². The molecule has 8 nitrogen and oxygen atoms in total. The van der Waals surface area contributed by atoms with E-state index in [9.17, 15) is 18.3 Å². The molecule has 0 heterocycles. The average Bonchev–Trinajstić information content (AvgIpc) is 2.70. The Bertz CT molecular complexity index is 1040. The van der Waals surface area contributed by atoms with Crippen molar-refractivity contribution in [3.05, 3.63) is 59.2 Å².